The van der Waals surface area contributed by atoms with Gasteiger partial charge in [-0.15, -0.1) is 6.58 Å². The van der Waals surface area contributed by atoms with E-state index < -0.39 is 23.8 Å². The zero-order valence-corrected chi connectivity index (χ0v) is 11.3. The van der Waals surface area contributed by atoms with Crippen LogP contribution in [0.5, 0.6) is 0 Å². The zero-order valence-electron chi connectivity index (χ0n) is 11.3. The summed E-state index contributed by atoms with van der Waals surface area (Å²) in [6.45, 7) is 3.99. The molecule has 0 spiro atoms. The maximum Gasteiger partial charge on any atom is 0.321 e. The van der Waals surface area contributed by atoms with Gasteiger partial charge in [-0.1, -0.05) is 6.08 Å². The molecule has 1 fully saturated rings. The van der Waals surface area contributed by atoms with E-state index in [1.54, 1.807) is 11.9 Å². The van der Waals surface area contributed by atoms with Crippen molar-refractivity contribution in [2.45, 2.75) is 6.04 Å². The van der Waals surface area contributed by atoms with E-state index in [2.05, 4.69) is 17.2 Å². The third-order valence-corrected chi connectivity index (χ3v) is 2.99. The van der Waals surface area contributed by atoms with Gasteiger partial charge < -0.3 is 15.2 Å². The highest BCUT2D eigenvalue weighted by Gasteiger charge is 2.37. The first kappa shape index (κ1) is 16.1. The minimum Gasteiger partial charge on any atom is -0.481 e. The smallest absolute Gasteiger partial charge is 0.321 e. The molecule has 8 heteroatoms. The maximum atomic E-state index is 11.6. The molecule has 1 aliphatic rings. The van der Waals surface area contributed by atoms with Crippen molar-refractivity contribution in [2.24, 2.45) is 5.92 Å². The number of amides is 3. The van der Waals surface area contributed by atoms with Crippen molar-refractivity contribution in [2.75, 3.05) is 33.4 Å². The lowest BCUT2D eigenvalue weighted by Gasteiger charge is -2.25. The SMILES string of the molecule is C=CCNC(=O)NC(=O)CN(C)C1COCC1C(=O)O. The molecule has 20 heavy (non-hydrogen) atoms. The Bertz CT molecular complexity index is 399. The van der Waals surface area contributed by atoms with Crippen LogP contribution < -0.4 is 10.6 Å². The van der Waals surface area contributed by atoms with Crippen molar-refractivity contribution in [3.63, 3.8) is 0 Å². The van der Waals surface area contributed by atoms with E-state index in [4.69, 9.17) is 9.84 Å². The Kier molecular flexibility index (Phi) is 6.13. The predicted molar refractivity (Wildman–Crippen MR) is 70.1 cm³/mol. The molecular weight excluding hydrogens is 266 g/mol. The lowest BCUT2D eigenvalue weighted by molar-refractivity contribution is -0.143. The fourth-order valence-electron chi connectivity index (χ4n) is 1.93. The topological polar surface area (TPSA) is 108 Å². The Morgan fingerprint density at radius 3 is 2.75 bits per heavy atom. The molecule has 2 atom stereocenters. The van der Waals surface area contributed by atoms with Crippen LogP contribution in [0.2, 0.25) is 0 Å². The highest BCUT2D eigenvalue weighted by molar-refractivity contribution is 5.95. The third-order valence-electron chi connectivity index (χ3n) is 2.99. The molecule has 1 heterocycles. The summed E-state index contributed by atoms with van der Waals surface area (Å²) in [5.41, 5.74) is 0. The number of nitrogens with zero attached hydrogens (tertiary/aromatic N) is 1. The number of carboxylic acid groups (broad SMARTS) is 1. The fraction of sp³-hybridized carbons (Fsp3) is 0.583. The summed E-state index contributed by atoms with van der Waals surface area (Å²) in [4.78, 5) is 35.5. The number of carbonyl (C=O) groups is 3. The van der Waals surface area contributed by atoms with E-state index in [1.165, 1.54) is 6.08 Å². The van der Waals surface area contributed by atoms with E-state index in [-0.39, 0.29) is 32.3 Å². The first-order valence-corrected chi connectivity index (χ1v) is 6.15. The molecule has 0 aliphatic carbocycles. The molecule has 0 bridgehead atoms. The second-order valence-electron chi connectivity index (χ2n) is 4.51. The molecule has 1 aliphatic heterocycles. The van der Waals surface area contributed by atoms with Gasteiger partial charge in [0, 0.05) is 12.6 Å². The van der Waals surface area contributed by atoms with Crippen molar-refractivity contribution in [1.29, 1.82) is 0 Å². The molecule has 1 saturated heterocycles. The number of rotatable bonds is 6. The summed E-state index contributed by atoms with van der Waals surface area (Å²) >= 11 is 0. The van der Waals surface area contributed by atoms with E-state index >= 15 is 0 Å². The van der Waals surface area contributed by atoms with Gasteiger partial charge in [-0.2, -0.15) is 0 Å². The van der Waals surface area contributed by atoms with Crippen LogP contribution in [0.4, 0.5) is 4.79 Å². The van der Waals surface area contributed by atoms with Crippen molar-refractivity contribution >= 4 is 17.9 Å². The number of imide groups is 1. The highest BCUT2D eigenvalue weighted by atomic mass is 16.5. The number of likely N-dealkylation sites (N-methyl/N-ethyl adjacent to an activating group) is 1. The molecule has 0 radical (unpaired) electrons. The Labute approximate surface area is 116 Å². The van der Waals surface area contributed by atoms with Crippen LogP contribution in [-0.4, -0.2) is 67.3 Å². The van der Waals surface area contributed by atoms with Crippen molar-refractivity contribution in [3.05, 3.63) is 12.7 Å². The van der Waals surface area contributed by atoms with Crippen LogP contribution >= 0.6 is 0 Å². The Balaban J connectivity index is 2.43. The quantitative estimate of drug-likeness (QED) is 0.542. The van der Waals surface area contributed by atoms with Gasteiger partial charge >= 0.3 is 12.0 Å². The number of urea groups is 1. The van der Waals surface area contributed by atoms with Gasteiger partial charge in [0.25, 0.3) is 0 Å². The van der Waals surface area contributed by atoms with Crippen LogP contribution in [0.3, 0.4) is 0 Å². The van der Waals surface area contributed by atoms with Gasteiger partial charge in [-0.3, -0.25) is 19.8 Å². The van der Waals surface area contributed by atoms with Gasteiger partial charge in [0.2, 0.25) is 5.91 Å². The molecule has 0 aromatic heterocycles. The van der Waals surface area contributed by atoms with Gasteiger partial charge in [0.15, 0.2) is 0 Å². The van der Waals surface area contributed by atoms with Gasteiger partial charge in [0.05, 0.1) is 25.7 Å². The molecular formula is C12H19N3O5. The molecule has 0 aromatic rings. The highest BCUT2D eigenvalue weighted by Crippen LogP contribution is 2.18. The first-order chi connectivity index (χ1) is 9.45. The van der Waals surface area contributed by atoms with Crippen LogP contribution in [0.1, 0.15) is 0 Å². The molecule has 112 valence electrons. The second kappa shape index (κ2) is 7.61. The largest absolute Gasteiger partial charge is 0.481 e. The summed E-state index contributed by atoms with van der Waals surface area (Å²) < 4.78 is 5.12. The summed E-state index contributed by atoms with van der Waals surface area (Å²) in [5.74, 6) is -2.13. The summed E-state index contributed by atoms with van der Waals surface area (Å²) in [5, 5.41) is 13.6. The van der Waals surface area contributed by atoms with Gasteiger partial charge in [-0.05, 0) is 7.05 Å². The minimum atomic E-state index is -0.955. The van der Waals surface area contributed by atoms with Crippen molar-refractivity contribution < 1.29 is 24.2 Å². The Morgan fingerprint density at radius 1 is 1.45 bits per heavy atom. The van der Waals surface area contributed by atoms with Crippen LogP contribution in [0, 0.1) is 5.92 Å². The van der Waals surface area contributed by atoms with E-state index in [9.17, 15) is 14.4 Å². The molecule has 2 unspecified atom stereocenters. The lowest BCUT2D eigenvalue weighted by atomic mass is 10.0. The standard InChI is InChI=1S/C12H19N3O5/c1-3-4-13-12(19)14-10(16)5-15(2)9-7-20-6-8(9)11(17)18/h3,8-9H,1,4-7H2,2H3,(H,17,18)(H2,13,14,16,19). The monoisotopic (exact) mass is 285 g/mol. The van der Waals surface area contributed by atoms with Crippen LogP contribution in [0.15, 0.2) is 12.7 Å². The Morgan fingerprint density at radius 2 is 2.15 bits per heavy atom. The molecule has 8 nitrogen and oxygen atoms in total. The minimum absolute atomic E-state index is 0.0840. The average molecular weight is 285 g/mol. The second-order valence-corrected chi connectivity index (χ2v) is 4.51. The number of carbonyl (C=O) groups excluding carboxylic acids is 2. The number of hydrogen-bond donors (Lipinski definition) is 3. The molecule has 0 aromatic carbocycles. The number of nitrogens with one attached hydrogen (secondary N) is 2. The number of carboxylic acids is 1. The van der Waals surface area contributed by atoms with Crippen LogP contribution in [0.25, 0.3) is 0 Å². The fourth-order valence-corrected chi connectivity index (χ4v) is 1.93. The Hall–Kier alpha value is -1.93. The molecule has 3 N–H and O–H groups in total. The maximum absolute atomic E-state index is 11.6. The molecule has 3 amide bonds. The summed E-state index contributed by atoms with van der Waals surface area (Å²) in [6, 6.07) is -0.991. The first-order valence-electron chi connectivity index (χ1n) is 6.15. The van der Waals surface area contributed by atoms with Crippen molar-refractivity contribution in [1.82, 2.24) is 15.5 Å². The number of hydrogen-bond acceptors (Lipinski definition) is 5. The van der Waals surface area contributed by atoms with Crippen LogP contribution in [-0.2, 0) is 14.3 Å². The normalized spacial score (nSPS) is 21.5. The van der Waals surface area contributed by atoms with E-state index in [0.29, 0.717) is 0 Å². The summed E-state index contributed by atoms with van der Waals surface area (Å²) in [7, 11) is 1.62. The zero-order chi connectivity index (χ0) is 15.1. The number of ether oxygens (including phenoxy) is 1. The van der Waals surface area contributed by atoms with E-state index in [0.717, 1.165) is 0 Å². The van der Waals surface area contributed by atoms with Gasteiger partial charge in [0.1, 0.15) is 0 Å². The molecule has 0 saturated carbocycles. The predicted octanol–water partition coefficient (Wildman–Crippen LogP) is -0.970. The number of aliphatic carboxylic acids is 1. The van der Waals surface area contributed by atoms with Gasteiger partial charge in [-0.25, -0.2) is 4.79 Å². The average Bonchev–Trinajstić information content (AvgIpc) is 2.85. The van der Waals surface area contributed by atoms with E-state index in [1.807, 2.05) is 0 Å². The van der Waals surface area contributed by atoms with Crippen molar-refractivity contribution in [3.8, 4) is 0 Å². The lowest BCUT2D eigenvalue weighted by Crippen LogP contribution is -2.48. The molecule has 1 rings (SSSR count). The third kappa shape index (κ3) is 4.63. The summed E-state index contributed by atoms with van der Waals surface area (Å²) in [6.07, 6.45) is 1.49.